The van der Waals surface area contributed by atoms with Gasteiger partial charge in [0, 0.05) is 30.6 Å². The maximum absolute atomic E-state index is 12.8. The minimum absolute atomic E-state index is 0.114. The summed E-state index contributed by atoms with van der Waals surface area (Å²) in [6.07, 6.45) is 2.53. The Labute approximate surface area is 169 Å². The van der Waals surface area contributed by atoms with Gasteiger partial charge in [-0.05, 0) is 77.3 Å². The van der Waals surface area contributed by atoms with E-state index in [1.54, 1.807) is 0 Å². The summed E-state index contributed by atoms with van der Waals surface area (Å²) < 4.78 is 2.03. The number of nitrogens with zero attached hydrogens (tertiary/aromatic N) is 4. The molecule has 28 heavy (non-hydrogen) atoms. The number of aromatic nitrogens is 3. The molecule has 2 aromatic heterocycles. The van der Waals surface area contributed by atoms with Crippen LogP contribution in [-0.2, 0) is 16.8 Å². The molecule has 1 saturated heterocycles. The van der Waals surface area contributed by atoms with Crippen LogP contribution in [0.15, 0.2) is 0 Å². The topological polar surface area (TPSA) is 51.0 Å². The van der Waals surface area contributed by atoms with Crippen molar-refractivity contribution >= 4 is 16.9 Å². The van der Waals surface area contributed by atoms with Gasteiger partial charge in [0.25, 0.3) is 0 Å². The van der Waals surface area contributed by atoms with Crippen LogP contribution in [0.2, 0.25) is 0 Å². The second-order valence-corrected chi connectivity index (χ2v) is 9.91. The number of hydrogen-bond donors (Lipinski definition) is 0. The Morgan fingerprint density at radius 3 is 2.25 bits per heavy atom. The standard InChI is InChI=1S/C23H36N4O/c1-14-11-15(2)13-26(12-14)20(28)10-9-19-16(3)21-18(5)25-27(23(6,7)8)22(21)24-17(19)4/h14-15H,9-13H2,1-8H3/t14-,15+. The van der Waals surface area contributed by atoms with Gasteiger partial charge in [0.2, 0.25) is 5.91 Å². The molecule has 0 aromatic carbocycles. The third kappa shape index (κ3) is 3.94. The molecular weight excluding hydrogens is 348 g/mol. The number of rotatable bonds is 3. The smallest absolute Gasteiger partial charge is 0.222 e. The summed E-state index contributed by atoms with van der Waals surface area (Å²) >= 11 is 0. The monoisotopic (exact) mass is 384 g/mol. The first kappa shape index (κ1) is 20.8. The van der Waals surface area contributed by atoms with Crippen molar-refractivity contribution in [1.29, 1.82) is 0 Å². The van der Waals surface area contributed by atoms with E-state index in [9.17, 15) is 4.79 Å². The fourth-order valence-electron chi connectivity index (χ4n) is 4.80. The molecule has 0 bridgehead atoms. The van der Waals surface area contributed by atoms with Crippen molar-refractivity contribution in [2.45, 2.75) is 80.2 Å². The van der Waals surface area contributed by atoms with Gasteiger partial charge in [-0.3, -0.25) is 4.79 Å². The van der Waals surface area contributed by atoms with E-state index < -0.39 is 0 Å². The highest BCUT2D eigenvalue weighted by Crippen LogP contribution is 2.30. The first-order valence-corrected chi connectivity index (χ1v) is 10.6. The van der Waals surface area contributed by atoms with Gasteiger partial charge in [0.1, 0.15) is 0 Å². The second kappa shape index (κ2) is 7.49. The number of carbonyl (C=O) groups excluding carboxylic acids is 1. The lowest BCUT2D eigenvalue weighted by atomic mass is 9.91. The molecule has 0 spiro atoms. The lowest BCUT2D eigenvalue weighted by Crippen LogP contribution is -2.42. The van der Waals surface area contributed by atoms with Gasteiger partial charge in [-0.15, -0.1) is 0 Å². The van der Waals surface area contributed by atoms with Crippen LogP contribution >= 0.6 is 0 Å². The third-order valence-electron chi connectivity index (χ3n) is 6.02. The van der Waals surface area contributed by atoms with E-state index in [1.165, 1.54) is 17.5 Å². The number of amides is 1. The first-order chi connectivity index (χ1) is 13.0. The zero-order valence-electron chi connectivity index (χ0n) is 18.9. The second-order valence-electron chi connectivity index (χ2n) is 9.91. The fraction of sp³-hybridized carbons (Fsp3) is 0.696. The molecule has 1 fully saturated rings. The van der Waals surface area contributed by atoms with Crippen molar-refractivity contribution in [1.82, 2.24) is 19.7 Å². The Balaban J connectivity index is 1.86. The maximum atomic E-state index is 12.8. The molecule has 0 unspecified atom stereocenters. The highest BCUT2D eigenvalue weighted by atomic mass is 16.2. The number of pyridine rings is 1. The largest absolute Gasteiger partial charge is 0.342 e. The molecule has 0 saturated carbocycles. The summed E-state index contributed by atoms with van der Waals surface area (Å²) in [6, 6.07) is 0. The Morgan fingerprint density at radius 2 is 1.68 bits per heavy atom. The SMILES string of the molecule is Cc1nc2c(c(C)nn2C(C)(C)C)c(C)c1CCC(=O)N1C[C@H](C)C[C@H](C)C1. The van der Waals surface area contributed by atoms with Gasteiger partial charge in [0.15, 0.2) is 5.65 Å². The van der Waals surface area contributed by atoms with Crippen LogP contribution in [-0.4, -0.2) is 38.7 Å². The molecule has 1 aliphatic heterocycles. The number of carbonyl (C=O) groups is 1. The zero-order chi connectivity index (χ0) is 20.8. The lowest BCUT2D eigenvalue weighted by molar-refractivity contribution is -0.133. The predicted octanol–water partition coefficient (Wildman–Crippen LogP) is 4.55. The van der Waals surface area contributed by atoms with Gasteiger partial charge >= 0.3 is 0 Å². The Hall–Kier alpha value is -1.91. The summed E-state index contributed by atoms with van der Waals surface area (Å²) in [6.45, 7) is 19.0. The van der Waals surface area contributed by atoms with Crippen LogP contribution < -0.4 is 0 Å². The van der Waals surface area contributed by atoms with Gasteiger partial charge in [0.05, 0.1) is 11.2 Å². The number of likely N-dealkylation sites (tertiary alicyclic amines) is 1. The Morgan fingerprint density at radius 1 is 1.07 bits per heavy atom. The van der Waals surface area contributed by atoms with E-state index in [4.69, 9.17) is 10.1 Å². The van der Waals surface area contributed by atoms with Crippen LogP contribution in [0.1, 0.15) is 70.0 Å². The van der Waals surface area contributed by atoms with Gasteiger partial charge in [-0.1, -0.05) is 13.8 Å². The van der Waals surface area contributed by atoms with Gasteiger partial charge < -0.3 is 4.90 Å². The zero-order valence-corrected chi connectivity index (χ0v) is 18.9. The van der Waals surface area contributed by atoms with Crippen molar-refractivity contribution in [2.75, 3.05) is 13.1 Å². The van der Waals surface area contributed by atoms with Crippen molar-refractivity contribution in [3.8, 4) is 0 Å². The molecule has 0 radical (unpaired) electrons. The summed E-state index contributed by atoms with van der Waals surface area (Å²) in [4.78, 5) is 19.8. The molecule has 154 valence electrons. The van der Waals surface area contributed by atoms with Crippen molar-refractivity contribution in [2.24, 2.45) is 11.8 Å². The van der Waals surface area contributed by atoms with Gasteiger partial charge in [-0.2, -0.15) is 5.10 Å². The normalized spacial score (nSPS) is 20.8. The van der Waals surface area contributed by atoms with E-state index in [2.05, 4.69) is 60.3 Å². The molecule has 3 rings (SSSR count). The molecule has 5 nitrogen and oxygen atoms in total. The average Bonchev–Trinajstić information content (AvgIpc) is 2.90. The quantitative estimate of drug-likeness (QED) is 0.780. The summed E-state index contributed by atoms with van der Waals surface area (Å²) in [5, 5.41) is 5.91. The van der Waals surface area contributed by atoms with Crippen molar-refractivity contribution in [3.05, 3.63) is 22.5 Å². The van der Waals surface area contributed by atoms with Crippen molar-refractivity contribution < 1.29 is 4.79 Å². The molecule has 2 aromatic rings. The van der Waals surface area contributed by atoms with Crippen LogP contribution in [0.3, 0.4) is 0 Å². The number of piperidine rings is 1. The molecule has 2 atom stereocenters. The van der Waals surface area contributed by atoms with E-state index in [0.29, 0.717) is 18.3 Å². The molecule has 1 aliphatic rings. The van der Waals surface area contributed by atoms with Crippen molar-refractivity contribution in [3.63, 3.8) is 0 Å². The minimum Gasteiger partial charge on any atom is -0.342 e. The number of aryl methyl sites for hydroxylation is 3. The summed E-state index contributed by atoms with van der Waals surface area (Å²) in [7, 11) is 0. The summed E-state index contributed by atoms with van der Waals surface area (Å²) in [5.74, 6) is 1.47. The molecule has 1 amide bonds. The fourth-order valence-corrected chi connectivity index (χ4v) is 4.80. The van der Waals surface area contributed by atoms with E-state index >= 15 is 0 Å². The van der Waals surface area contributed by atoms with Crippen LogP contribution in [0.4, 0.5) is 0 Å². The highest BCUT2D eigenvalue weighted by molar-refractivity contribution is 5.84. The Kier molecular flexibility index (Phi) is 5.57. The molecule has 0 aliphatic carbocycles. The van der Waals surface area contributed by atoms with E-state index in [-0.39, 0.29) is 11.4 Å². The lowest BCUT2D eigenvalue weighted by Gasteiger charge is -2.35. The molecular formula is C23H36N4O. The van der Waals surface area contributed by atoms with Gasteiger partial charge in [-0.25, -0.2) is 9.67 Å². The highest BCUT2D eigenvalue weighted by Gasteiger charge is 2.26. The Bertz CT molecular complexity index is 880. The van der Waals surface area contributed by atoms with E-state index in [0.717, 1.165) is 41.9 Å². The molecule has 5 heteroatoms. The minimum atomic E-state index is -0.114. The van der Waals surface area contributed by atoms with Crippen LogP contribution in [0, 0.1) is 32.6 Å². The van der Waals surface area contributed by atoms with Crippen LogP contribution in [0.25, 0.3) is 11.0 Å². The number of hydrogen-bond acceptors (Lipinski definition) is 3. The molecule has 0 N–H and O–H groups in total. The van der Waals surface area contributed by atoms with Crippen LogP contribution in [0.5, 0.6) is 0 Å². The van der Waals surface area contributed by atoms with E-state index in [1.807, 2.05) is 4.68 Å². The number of fused-ring (bicyclic) bond motifs is 1. The average molecular weight is 385 g/mol. The molecule has 3 heterocycles. The summed E-state index contributed by atoms with van der Waals surface area (Å²) in [5.41, 5.74) is 5.30. The third-order valence-corrected chi connectivity index (χ3v) is 6.02. The first-order valence-electron chi connectivity index (χ1n) is 10.6. The predicted molar refractivity (Wildman–Crippen MR) is 115 cm³/mol. The maximum Gasteiger partial charge on any atom is 0.222 e.